The maximum absolute atomic E-state index is 12.5. The Hall–Kier alpha value is -1.76. The SMILES string of the molecule is CCN(CCO)C(=O)NCc1cccc(C(F)(F)F)c1. The molecule has 20 heavy (non-hydrogen) atoms. The fraction of sp³-hybridized carbons (Fsp3) is 0.462. The number of carbonyl (C=O) groups is 1. The molecular weight excluding hydrogens is 273 g/mol. The lowest BCUT2D eigenvalue weighted by molar-refractivity contribution is -0.137. The molecule has 0 aliphatic carbocycles. The van der Waals surface area contributed by atoms with Crippen molar-refractivity contribution >= 4 is 6.03 Å². The van der Waals surface area contributed by atoms with Crippen molar-refractivity contribution in [3.8, 4) is 0 Å². The minimum Gasteiger partial charge on any atom is -0.395 e. The second-order valence-corrected chi connectivity index (χ2v) is 4.16. The first-order valence-corrected chi connectivity index (χ1v) is 6.18. The molecule has 2 N–H and O–H groups in total. The Morgan fingerprint density at radius 3 is 2.65 bits per heavy atom. The van der Waals surface area contributed by atoms with Gasteiger partial charge in [-0.15, -0.1) is 0 Å². The van der Waals surface area contributed by atoms with E-state index < -0.39 is 17.8 Å². The van der Waals surface area contributed by atoms with Gasteiger partial charge in [-0.2, -0.15) is 13.2 Å². The maximum atomic E-state index is 12.5. The largest absolute Gasteiger partial charge is 0.416 e. The Labute approximate surface area is 115 Å². The van der Waals surface area contributed by atoms with Crippen LogP contribution in [0.25, 0.3) is 0 Å². The van der Waals surface area contributed by atoms with Crippen LogP contribution in [0.4, 0.5) is 18.0 Å². The molecule has 0 fully saturated rings. The van der Waals surface area contributed by atoms with Crippen LogP contribution in [0.3, 0.4) is 0 Å². The molecule has 4 nitrogen and oxygen atoms in total. The molecule has 0 aliphatic heterocycles. The molecule has 0 spiro atoms. The third kappa shape index (κ3) is 4.73. The van der Waals surface area contributed by atoms with E-state index in [1.54, 1.807) is 6.92 Å². The van der Waals surface area contributed by atoms with Gasteiger partial charge < -0.3 is 15.3 Å². The van der Waals surface area contributed by atoms with Gasteiger partial charge in [0.15, 0.2) is 0 Å². The number of nitrogens with one attached hydrogen (secondary N) is 1. The van der Waals surface area contributed by atoms with E-state index in [0.717, 1.165) is 12.1 Å². The van der Waals surface area contributed by atoms with Crippen LogP contribution in [-0.4, -0.2) is 35.7 Å². The van der Waals surface area contributed by atoms with Crippen LogP contribution < -0.4 is 5.32 Å². The lowest BCUT2D eigenvalue weighted by Crippen LogP contribution is -2.41. The van der Waals surface area contributed by atoms with E-state index in [1.165, 1.54) is 17.0 Å². The molecule has 1 aromatic rings. The fourth-order valence-corrected chi connectivity index (χ4v) is 1.67. The summed E-state index contributed by atoms with van der Waals surface area (Å²) in [5.41, 5.74) is -0.375. The van der Waals surface area contributed by atoms with Crippen LogP contribution in [0.1, 0.15) is 18.1 Å². The highest BCUT2D eigenvalue weighted by Crippen LogP contribution is 2.29. The molecule has 0 heterocycles. The molecule has 0 atom stereocenters. The van der Waals surface area contributed by atoms with Crippen molar-refractivity contribution in [2.24, 2.45) is 0 Å². The highest BCUT2D eigenvalue weighted by molar-refractivity contribution is 5.74. The number of aliphatic hydroxyl groups is 1. The van der Waals surface area contributed by atoms with E-state index in [0.29, 0.717) is 12.1 Å². The average molecular weight is 290 g/mol. The summed E-state index contributed by atoms with van der Waals surface area (Å²) in [6.07, 6.45) is -4.40. The molecule has 0 unspecified atom stereocenters. The number of rotatable bonds is 5. The number of nitrogens with zero attached hydrogens (tertiary/aromatic N) is 1. The highest BCUT2D eigenvalue weighted by atomic mass is 19.4. The Balaban J connectivity index is 2.64. The predicted molar refractivity (Wildman–Crippen MR) is 68.0 cm³/mol. The van der Waals surface area contributed by atoms with E-state index in [1.807, 2.05) is 0 Å². The van der Waals surface area contributed by atoms with Gasteiger partial charge in [0.05, 0.1) is 12.2 Å². The molecule has 0 saturated carbocycles. The van der Waals surface area contributed by atoms with Crippen molar-refractivity contribution in [2.75, 3.05) is 19.7 Å². The molecule has 112 valence electrons. The van der Waals surface area contributed by atoms with Gasteiger partial charge in [0.2, 0.25) is 0 Å². The fourth-order valence-electron chi connectivity index (χ4n) is 1.67. The van der Waals surface area contributed by atoms with Gasteiger partial charge in [-0.3, -0.25) is 0 Å². The number of hydrogen-bond donors (Lipinski definition) is 2. The minimum absolute atomic E-state index is 0.00464. The monoisotopic (exact) mass is 290 g/mol. The summed E-state index contributed by atoms with van der Waals surface area (Å²) in [4.78, 5) is 13.1. The van der Waals surface area contributed by atoms with Crippen molar-refractivity contribution in [3.63, 3.8) is 0 Å². The van der Waals surface area contributed by atoms with Crippen LogP contribution in [0.15, 0.2) is 24.3 Å². The number of urea groups is 1. The number of carbonyl (C=O) groups excluding carboxylic acids is 1. The lowest BCUT2D eigenvalue weighted by Gasteiger charge is -2.20. The highest BCUT2D eigenvalue weighted by Gasteiger charge is 2.30. The molecule has 1 aromatic carbocycles. The number of halogens is 3. The van der Waals surface area contributed by atoms with Crippen LogP contribution in [0.2, 0.25) is 0 Å². The van der Waals surface area contributed by atoms with E-state index >= 15 is 0 Å². The molecular formula is C13H17F3N2O2. The number of likely N-dealkylation sites (N-methyl/N-ethyl adjacent to an activating group) is 1. The van der Waals surface area contributed by atoms with Crippen molar-refractivity contribution in [1.82, 2.24) is 10.2 Å². The Morgan fingerprint density at radius 2 is 2.10 bits per heavy atom. The van der Waals surface area contributed by atoms with Gasteiger partial charge >= 0.3 is 12.2 Å². The Bertz CT molecular complexity index is 449. The second kappa shape index (κ2) is 7.14. The number of hydrogen-bond acceptors (Lipinski definition) is 2. The number of benzene rings is 1. The van der Waals surface area contributed by atoms with Gasteiger partial charge in [0.1, 0.15) is 0 Å². The molecule has 0 bridgehead atoms. The van der Waals surface area contributed by atoms with E-state index in [-0.39, 0.29) is 19.7 Å². The summed E-state index contributed by atoms with van der Waals surface area (Å²) in [6, 6.07) is 4.38. The summed E-state index contributed by atoms with van der Waals surface area (Å²) in [5.74, 6) is 0. The van der Waals surface area contributed by atoms with Crippen molar-refractivity contribution in [3.05, 3.63) is 35.4 Å². The molecule has 1 rings (SSSR count). The third-order valence-corrected chi connectivity index (χ3v) is 2.74. The maximum Gasteiger partial charge on any atom is 0.416 e. The standard InChI is InChI=1S/C13H17F3N2O2/c1-2-18(6-7-19)12(20)17-9-10-4-3-5-11(8-10)13(14,15)16/h3-5,8,19H,2,6-7,9H2,1H3,(H,17,20). The zero-order valence-corrected chi connectivity index (χ0v) is 11.1. The van der Waals surface area contributed by atoms with Crippen LogP contribution in [-0.2, 0) is 12.7 Å². The molecule has 0 aromatic heterocycles. The second-order valence-electron chi connectivity index (χ2n) is 4.16. The van der Waals surface area contributed by atoms with Crippen LogP contribution >= 0.6 is 0 Å². The molecule has 7 heteroatoms. The van der Waals surface area contributed by atoms with Crippen LogP contribution in [0, 0.1) is 0 Å². The van der Waals surface area contributed by atoms with Crippen LogP contribution in [0.5, 0.6) is 0 Å². The van der Waals surface area contributed by atoms with E-state index in [2.05, 4.69) is 5.32 Å². The number of amides is 2. The smallest absolute Gasteiger partial charge is 0.395 e. The van der Waals surface area contributed by atoms with Gasteiger partial charge in [-0.1, -0.05) is 12.1 Å². The van der Waals surface area contributed by atoms with Gasteiger partial charge in [-0.25, -0.2) is 4.79 Å². The number of alkyl halides is 3. The zero-order valence-electron chi connectivity index (χ0n) is 11.1. The summed E-state index contributed by atoms with van der Waals surface area (Å²) < 4.78 is 37.6. The average Bonchev–Trinajstić information content (AvgIpc) is 2.41. The normalized spacial score (nSPS) is 11.2. The van der Waals surface area contributed by atoms with E-state index in [9.17, 15) is 18.0 Å². The molecule has 0 aliphatic rings. The first kappa shape index (κ1) is 16.3. The van der Waals surface area contributed by atoms with Gasteiger partial charge in [0, 0.05) is 19.6 Å². The van der Waals surface area contributed by atoms with Gasteiger partial charge in [-0.05, 0) is 24.6 Å². The van der Waals surface area contributed by atoms with Crippen molar-refractivity contribution in [2.45, 2.75) is 19.6 Å². The Kier molecular flexibility index (Phi) is 5.82. The molecule has 0 radical (unpaired) electrons. The topological polar surface area (TPSA) is 52.6 Å². The van der Waals surface area contributed by atoms with Gasteiger partial charge in [0.25, 0.3) is 0 Å². The third-order valence-electron chi connectivity index (χ3n) is 2.74. The Morgan fingerprint density at radius 1 is 1.40 bits per heavy atom. The van der Waals surface area contributed by atoms with Crippen molar-refractivity contribution < 1.29 is 23.1 Å². The van der Waals surface area contributed by atoms with E-state index in [4.69, 9.17) is 5.11 Å². The first-order chi connectivity index (χ1) is 9.38. The first-order valence-electron chi connectivity index (χ1n) is 6.18. The predicted octanol–water partition coefficient (Wildman–Crippen LogP) is 2.23. The summed E-state index contributed by atoms with van der Waals surface area (Å²) >= 11 is 0. The zero-order chi connectivity index (χ0) is 15.2. The summed E-state index contributed by atoms with van der Waals surface area (Å²) in [7, 11) is 0. The summed E-state index contributed by atoms with van der Waals surface area (Å²) in [6.45, 7) is 2.19. The minimum atomic E-state index is -4.40. The van der Waals surface area contributed by atoms with Crippen molar-refractivity contribution in [1.29, 1.82) is 0 Å². The quantitative estimate of drug-likeness (QED) is 0.873. The number of aliphatic hydroxyl groups excluding tert-OH is 1. The summed E-state index contributed by atoms with van der Waals surface area (Å²) in [5, 5.41) is 11.3. The lowest BCUT2D eigenvalue weighted by atomic mass is 10.1. The molecule has 2 amide bonds. The molecule has 0 saturated heterocycles.